The first-order valence-corrected chi connectivity index (χ1v) is 10.5. The third-order valence-electron chi connectivity index (χ3n) is 5.77. The third kappa shape index (κ3) is 4.78. The molecule has 0 aromatic heterocycles. The summed E-state index contributed by atoms with van der Waals surface area (Å²) in [5.41, 5.74) is 4.57. The van der Waals surface area contributed by atoms with Gasteiger partial charge in [-0.2, -0.15) is 0 Å². The van der Waals surface area contributed by atoms with Gasteiger partial charge in [-0.1, -0.05) is 36.4 Å². The van der Waals surface area contributed by atoms with Crippen molar-refractivity contribution >= 4 is 18.1 Å². The topological polar surface area (TPSA) is 24.9 Å². The summed E-state index contributed by atoms with van der Waals surface area (Å²) in [5.74, 6) is 1.52. The highest BCUT2D eigenvalue weighted by molar-refractivity contribution is 5.85. The van der Waals surface area contributed by atoms with E-state index in [9.17, 15) is 4.39 Å². The Labute approximate surface area is 188 Å². The van der Waals surface area contributed by atoms with E-state index in [1.54, 1.807) is 0 Å². The Morgan fingerprint density at radius 1 is 0.774 bits per heavy atom. The van der Waals surface area contributed by atoms with Crippen molar-refractivity contribution in [3.63, 3.8) is 0 Å². The van der Waals surface area contributed by atoms with Gasteiger partial charge in [-0.3, -0.25) is 4.90 Å². The van der Waals surface area contributed by atoms with Crippen LogP contribution in [0.15, 0.2) is 66.7 Å². The SMILES string of the molecule is Cl.Fc1ccc(-c2cccc(CN3CCN(c4cccc5c4OCCO5)CC3)c2)cc1. The molecular formula is C25H26ClFN2O2. The predicted octanol–water partition coefficient (Wildman–Crippen LogP) is 5.01. The van der Waals surface area contributed by atoms with Crippen LogP contribution in [0.1, 0.15) is 5.56 Å². The van der Waals surface area contributed by atoms with E-state index in [0.717, 1.165) is 61.0 Å². The fourth-order valence-corrected chi connectivity index (χ4v) is 4.20. The number of para-hydroxylation sites is 1. The minimum absolute atomic E-state index is 0. The lowest BCUT2D eigenvalue weighted by atomic mass is 10.0. The number of hydrogen-bond acceptors (Lipinski definition) is 4. The van der Waals surface area contributed by atoms with Gasteiger partial charge in [0.2, 0.25) is 0 Å². The van der Waals surface area contributed by atoms with Crippen LogP contribution in [0, 0.1) is 5.82 Å². The van der Waals surface area contributed by atoms with Crippen LogP contribution in [0.3, 0.4) is 0 Å². The van der Waals surface area contributed by atoms with E-state index in [-0.39, 0.29) is 18.2 Å². The Balaban J connectivity index is 0.00000231. The van der Waals surface area contributed by atoms with Crippen molar-refractivity contribution in [3.8, 4) is 22.6 Å². The minimum atomic E-state index is -0.204. The molecule has 0 saturated carbocycles. The van der Waals surface area contributed by atoms with E-state index in [2.05, 4.69) is 40.1 Å². The van der Waals surface area contributed by atoms with Gasteiger partial charge in [0.1, 0.15) is 19.0 Å². The first-order valence-electron chi connectivity index (χ1n) is 10.5. The van der Waals surface area contributed by atoms with Gasteiger partial charge in [-0.25, -0.2) is 4.39 Å². The lowest BCUT2D eigenvalue weighted by molar-refractivity contribution is 0.171. The Morgan fingerprint density at radius 3 is 2.32 bits per heavy atom. The maximum absolute atomic E-state index is 13.2. The summed E-state index contributed by atoms with van der Waals surface area (Å²) >= 11 is 0. The van der Waals surface area contributed by atoms with Crippen molar-refractivity contribution in [2.24, 2.45) is 0 Å². The first-order chi connectivity index (χ1) is 14.8. The quantitative estimate of drug-likeness (QED) is 0.569. The predicted molar refractivity (Wildman–Crippen MR) is 124 cm³/mol. The average molecular weight is 441 g/mol. The van der Waals surface area contributed by atoms with E-state index in [1.807, 2.05) is 24.3 Å². The van der Waals surface area contributed by atoms with Gasteiger partial charge >= 0.3 is 0 Å². The monoisotopic (exact) mass is 440 g/mol. The zero-order chi connectivity index (χ0) is 20.3. The molecule has 0 atom stereocenters. The first kappa shape index (κ1) is 21.5. The maximum Gasteiger partial charge on any atom is 0.184 e. The minimum Gasteiger partial charge on any atom is -0.486 e. The molecule has 0 amide bonds. The molecule has 6 heteroatoms. The number of nitrogens with zero attached hydrogens (tertiary/aromatic N) is 2. The Hall–Kier alpha value is -2.76. The number of ether oxygens (including phenoxy) is 2. The molecule has 1 fully saturated rings. The van der Waals surface area contributed by atoms with E-state index < -0.39 is 0 Å². The van der Waals surface area contributed by atoms with Crippen molar-refractivity contribution < 1.29 is 13.9 Å². The van der Waals surface area contributed by atoms with Crippen molar-refractivity contribution in [2.75, 3.05) is 44.3 Å². The molecule has 0 unspecified atom stereocenters. The molecular weight excluding hydrogens is 415 g/mol. The van der Waals surface area contributed by atoms with Crippen LogP contribution in [0.2, 0.25) is 0 Å². The fraction of sp³-hybridized carbons (Fsp3) is 0.280. The summed E-state index contributed by atoms with van der Waals surface area (Å²) in [6.45, 7) is 6.02. The van der Waals surface area contributed by atoms with Gasteiger partial charge in [0.05, 0.1) is 5.69 Å². The zero-order valence-electron chi connectivity index (χ0n) is 17.3. The maximum atomic E-state index is 13.2. The number of benzene rings is 3. The van der Waals surface area contributed by atoms with Crippen molar-refractivity contribution in [1.29, 1.82) is 0 Å². The van der Waals surface area contributed by atoms with Crippen molar-refractivity contribution in [2.45, 2.75) is 6.54 Å². The van der Waals surface area contributed by atoms with Gasteiger partial charge in [-0.05, 0) is 47.0 Å². The van der Waals surface area contributed by atoms with E-state index in [1.165, 1.54) is 17.7 Å². The van der Waals surface area contributed by atoms with Crippen LogP contribution in [-0.2, 0) is 6.54 Å². The highest BCUT2D eigenvalue weighted by Crippen LogP contribution is 2.39. The van der Waals surface area contributed by atoms with Crippen molar-refractivity contribution in [3.05, 3.63) is 78.1 Å². The number of piperazine rings is 1. The number of halogens is 2. The van der Waals surface area contributed by atoms with Crippen LogP contribution < -0.4 is 14.4 Å². The summed E-state index contributed by atoms with van der Waals surface area (Å²) in [6, 6.07) is 21.4. The van der Waals surface area contributed by atoms with Crippen LogP contribution in [0.5, 0.6) is 11.5 Å². The molecule has 0 aliphatic carbocycles. The molecule has 2 heterocycles. The van der Waals surface area contributed by atoms with E-state index in [4.69, 9.17) is 9.47 Å². The summed E-state index contributed by atoms with van der Waals surface area (Å²) in [4.78, 5) is 4.87. The molecule has 2 aliphatic rings. The molecule has 3 aromatic rings. The third-order valence-corrected chi connectivity index (χ3v) is 5.77. The summed E-state index contributed by atoms with van der Waals surface area (Å²) in [6.07, 6.45) is 0. The molecule has 2 aliphatic heterocycles. The Bertz CT molecular complexity index is 1020. The van der Waals surface area contributed by atoms with Crippen molar-refractivity contribution in [1.82, 2.24) is 4.90 Å². The Morgan fingerprint density at radius 2 is 1.52 bits per heavy atom. The van der Waals surface area contributed by atoms with Gasteiger partial charge in [0.15, 0.2) is 11.5 Å². The number of hydrogen-bond donors (Lipinski definition) is 0. The van der Waals surface area contributed by atoms with Crippen LogP contribution in [0.4, 0.5) is 10.1 Å². The average Bonchev–Trinajstić information content (AvgIpc) is 2.80. The second-order valence-corrected chi connectivity index (χ2v) is 7.77. The van der Waals surface area contributed by atoms with E-state index >= 15 is 0 Å². The second kappa shape index (κ2) is 9.58. The highest BCUT2D eigenvalue weighted by atomic mass is 35.5. The van der Waals surface area contributed by atoms with Gasteiger partial charge in [0, 0.05) is 32.7 Å². The van der Waals surface area contributed by atoms with Crippen LogP contribution in [0.25, 0.3) is 11.1 Å². The number of rotatable bonds is 4. The Kier molecular flexibility index (Phi) is 6.64. The van der Waals surface area contributed by atoms with Gasteiger partial charge < -0.3 is 14.4 Å². The largest absolute Gasteiger partial charge is 0.486 e. The van der Waals surface area contributed by atoms with Crippen LogP contribution >= 0.6 is 12.4 Å². The number of anilines is 1. The standard InChI is InChI=1S/C25H25FN2O2.ClH/c26-22-9-7-20(8-10-22)21-4-1-3-19(17-21)18-27-11-13-28(14-12-27)23-5-2-6-24-25(23)30-16-15-29-24;/h1-10,17H,11-16,18H2;1H. The lowest BCUT2D eigenvalue weighted by Crippen LogP contribution is -2.46. The van der Waals surface area contributed by atoms with Crippen LogP contribution in [-0.4, -0.2) is 44.3 Å². The molecule has 3 aromatic carbocycles. The van der Waals surface area contributed by atoms with E-state index in [0.29, 0.717) is 13.2 Å². The molecule has 4 nitrogen and oxygen atoms in total. The normalized spacial score (nSPS) is 16.0. The molecule has 1 saturated heterocycles. The molecule has 0 radical (unpaired) electrons. The zero-order valence-corrected chi connectivity index (χ0v) is 18.1. The highest BCUT2D eigenvalue weighted by Gasteiger charge is 2.23. The summed E-state index contributed by atoms with van der Waals surface area (Å²) in [7, 11) is 0. The molecule has 5 rings (SSSR count). The van der Waals surface area contributed by atoms with Gasteiger partial charge in [-0.15, -0.1) is 12.4 Å². The second-order valence-electron chi connectivity index (χ2n) is 7.77. The number of fused-ring (bicyclic) bond motifs is 1. The smallest absolute Gasteiger partial charge is 0.184 e. The lowest BCUT2D eigenvalue weighted by Gasteiger charge is -2.37. The molecule has 162 valence electrons. The fourth-order valence-electron chi connectivity index (χ4n) is 4.20. The molecule has 0 N–H and O–H groups in total. The van der Waals surface area contributed by atoms with Gasteiger partial charge in [0.25, 0.3) is 0 Å². The molecule has 31 heavy (non-hydrogen) atoms. The summed E-state index contributed by atoms with van der Waals surface area (Å²) in [5, 5.41) is 0. The molecule has 0 spiro atoms. The summed E-state index contributed by atoms with van der Waals surface area (Å²) < 4.78 is 24.8. The molecule has 0 bridgehead atoms.